The van der Waals surface area contributed by atoms with E-state index in [9.17, 15) is 4.39 Å². The van der Waals surface area contributed by atoms with Crippen LogP contribution in [0.25, 0.3) is 0 Å². The number of hydrogen-bond acceptors (Lipinski definition) is 3. The van der Waals surface area contributed by atoms with E-state index in [1.54, 1.807) is 24.5 Å². The highest BCUT2D eigenvalue weighted by Gasteiger charge is 2.12. The fraction of sp³-hybridized carbons (Fsp3) is 0.231. The zero-order valence-corrected chi connectivity index (χ0v) is 9.60. The van der Waals surface area contributed by atoms with Crippen molar-refractivity contribution in [2.24, 2.45) is 0 Å². The molecule has 1 N–H and O–H groups in total. The second-order valence-corrected chi connectivity index (χ2v) is 3.72. The van der Waals surface area contributed by atoms with Crippen molar-refractivity contribution >= 4 is 0 Å². The normalized spacial score (nSPS) is 12.4. The zero-order chi connectivity index (χ0) is 12.1. The Labute approximate surface area is 99.7 Å². The Morgan fingerprint density at radius 2 is 1.88 bits per heavy atom. The van der Waals surface area contributed by atoms with Crippen LogP contribution < -0.4 is 5.32 Å². The first-order chi connectivity index (χ1) is 8.31. The molecule has 1 heterocycles. The molecule has 88 valence electrons. The van der Waals surface area contributed by atoms with Gasteiger partial charge >= 0.3 is 0 Å². The summed E-state index contributed by atoms with van der Waals surface area (Å²) in [5, 5.41) is 11.0. The summed E-state index contributed by atoms with van der Waals surface area (Å²) in [5.41, 5.74) is 2.04. The van der Waals surface area contributed by atoms with E-state index in [2.05, 4.69) is 15.5 Å². The van der Waals surface area contributed by atoms with Gasteiger partial charge < -0.3 is 5.32 Å². The SMILES string of the molecule is CCNC(c1ccc(F)cc1)c1ccnnc1. The molecule has 1 aromatic heterocycles. The lowest BCUT2D eigenvalue weighted by Crippen LogP contribution is -2.22. The Morgan fingerprint density at radius 1 is 1.12 bits per heavy atom. The molecule has 1 unspecified atom stereocenters. The number of nitrogens with one attached hydrogen (secondary N) is 1. The molecule has 3 nitrogen and oxygen atoms in total. The molecule has 0 aliphatic heterocycles. The van der Waals surface area contributed by atoms with E-state index >= 15 is 0 Å². The van der Waals surface area contributed by atoms with Crippen LogP contribution in [0.3, 0.4) is 0 Å². The van der Waals surface area contributed by atoms with E-state index in [0.717, 1.165) is 17.7 Å². The molecule has 1 aromatic carbocycles. The Hall–Kier alpha value is -1.81. The van der Waals surface area contributed by atoms with Crippen molar-refractivity contribution in [3.8, 4) is 0 Å². The van der Waals surface area contributed by atoms with Crippen molar-refractivity contribution in [2.75, 3.05) is 6.54 Å². The third-order valence-electron chi connectivity index (χ3n) is 2.55. The average molecular weight is 231 g/mol. The smallest absolute Gasteiger partial charge is 0.123 e. The molecule has 4 heteroatoms. The van der Waals surface area contributed by atoms with E-state index in [1.165, 1.54) is 12.1 Å². The van der Waals surface area contributed by atoms with Crippen molar-refractivity contribution in [3.63, 3.8) is 0 Å². The Balaban J connectivity index is 2.32. The van der Waals surface area contributed by atoms with Gasteiger partial charge in [0.25, 0.3) is 0 Å². The highest BCUT2D eigenvalue weighted by atomic mass is 19.1. The molecule has 2 rings (SSSR count). The highest BCUT2D eigenvalue weighted by molar-refractivity contribution is 5.29. The van der Waals surface area contributed by atoms with E-state index in [4.69, 9.17) is 0 Å². The van der Waals surface area contributed by atoms with Gasteiger partial charge in [0.05, 0.1) is 12.2 Å². The summed E-state index contributed by atoms with van der Waals surface area (Å²) >= 11 is 0. The minimum Gasteiger partial charge on any atom is -0.306 e. The van der Waals surface area contributed by atoms with Gasteiger partial charge in [0.2, 0.25) is 0 Å². The lowest BCUT2D eigenvalue weighted by Gasteiger charge is -2.18. The second kappa shape index (κ2) is 5.50. The summed E-state index contributed by atoms with van der Waals surface area (Å²) in [4.78, 5) is 0. The molecule has 0 bridgehead atoms. The van der Waals surface area contributed by atoms with Crippen molar-refractivity contribution in [1.29, 1.82) is 0 Å². The topological polar surface area (TPSA) is 37.8 Å². The lowest BCUT2D eigenvalue weighted by atomic mass is 10.0. The van der Waals surface area contributed by atoms with Crippen molar-refractivity contribution in [2.45, 2.75) is 13.0 Å². The van der Waals surface area contributed by atoms with Crippen LogP contribution in [0.15, 0.2) is 42.7 Å². The highest BCUT2D eigenvalue weighted by Crippen LogP contribution is 2.20. The molecule has 0 aliphatic rings. The fourth-order valence-corrected chi connectivity index (χ4v) is 1.76. The maximum atomic E-state index is 12.9. The maximum Gasteiger partial charge on any atom is 0.123 e. The summed E-state index contributed by atoms with van der Waals surface area (Å²) in [6, 6.07) is 8.43. The Bertz CT molecular complexity index is 456. The Morgan fingerprint density at radius 3 is 2.47 bits per heavy atom. The van der Waals surface area contributed by atoms with Gasteiger partial charge in [-0.2, -0.15) is 10.2 Å². The molecule has 17 heavy (non-hydrogen) atoms. The first-order valence-corrected chi connectivity index (χ1v) is 5.56. The van der Waals surface area contributed by atoms with Gasteiger partial charge in [-0.05, 0) is 35.9 Å². The summed E-state index contributed by atoms with van der Waals surface area (Å²) in [7, 11) is 0. The Kier molecular flexibility index (Phi) is 3.77. The van der Waals surface area contributed by atoms with E-state index in [1.807, 2.05) is 13.0 Å². The quantitative estimate of drug-likeness (QED) is 0.877. The molecule has 2 aromatic rings. The average Bonchev–Trinajstić information content (AvgIpc) is 2.38. The van der Waals surface area contributed by atoms with Crippen LogP contribution >= 0.6 is 0 Å². The van der Waals surface area contributed by atoms with Gasteiger partial charge in [0.1, 0.15) is 5.82 Å². The molecule has 1 atom stereocenters. The number of rotatable bonds is 4. The summed E-state index contributed by atoms with van der Waals surface area (Å²) in [6.07, 6.45) is 3.37. The van der Waals surface area contributed by atoms with Gasteiger partial charge in [0.15, 0.2) is 0 Å². The minimum atomic E-state index is -0.225. The van der Waals surface area contributed by atoms with Gasteiger partial charge in [-0.15, -0.1) is 0 Å². The molecule has 0 radical (unpaired) electrons. The van der Waals surface area contributed by atoms with Crippen molar-refractivity contribution in [1.82, 2.24) is 15.5 Å². The molecule has 0 fully saturated rings. The van der Waals surface area contributed by atoms with Crippen LogP contribution in [0.4, 0.5) is 4.39 Å². The van der Waals surface area contributed by atoms with Crippen LogP contribution in [-0.4, -0.2) is 16.7 Å². The largest absolute Gasteiger partial charge is 0.306 e. The number of halogens is 1. The standard InChI is InChI=1S/C13H14FN3/c1-2-15-13(11-7-8-16-17-9-11)10-3-5-12(14)6-4-10/h3-9,13,15H,2H2,1H3. The third-order valence-corrected chi connectivity index (χ3v) is 2.55. The predicted octanol–water partition coefficient (Wildman–Crippen LogP) is 2.31. The number of hydrogen-bond donors (Lipinski definition) is 1. The molecule has 0 amide bonds. The molecule has 0 aliphatic carbocycles. The van der Waals surface area contributed by atoms with Crippen molar-refractivity contribution in [3.05, 3.63) is 59.7 Å². The second-order valence-electron chi connectivity index (χ2n) is 3.72. The molecule has 0 saturated heterocycles. The third kappa shape index (κ3) is 2.85. The van der Waals surface area contributed by atoms with Crippen LogP contribution in [0.5, 0.6) is 0 Å². The van der Waals surface area contributed by atoms with E-state index in [-0.39, 0.29) is 11.9 Å². The monoisotopic (exact) mass is 231 g/mol. The fourth-order valence-electron chi connectivity index (χ4n) is 1.76. The van der Waals surface area contributed by atoms with Gasteiger partial charge in [0, 0.05) is 6.20 Å². The zero-order valence-electron chi connectivity index (χ0n) is 9.60. The molecular weight excluding hydrogens is 217 g/mol. The maximum absolute atomic E-state index is 12.9. The first-order valence-electron chi connectivity index (χ1n) is 5.56. The van der Waals surface area contributed by atoms with E-state index in [0.29, 0.717) is 0 Å². The number of aromatic nitrogens is 2. The van der Waals surface area contributed by atoms with Crippen LogP contribution in [-0.2, 0) is 0 Å². The van der Waals surface area contributed by atoms with Gasteiger partial charge in [-0.3, -0.25) is 0 Å². The van der Waals surface area contributed by atoms with Crippen LogP contribution in [0.2, 0.25) is 0 Å². The first kappa shape index (κ1) is 11.7. The summed E-state index contributed by atoms with van der Waals surface area (Å²) < 4.78 is 12.9. The van der Waals surface area contributed by atoms with Gasteiger partial charge in [-0.1, -0.05) is 19.1 Å². The molecule has 0 spiro atoms. The summed E-state index contributed by atoms with van der Waals surface area (Å²) in [5.74, 6) is -0.225. The number of benzene rings is 1. The lowest BCUT2D eigenvalue weighted by molar-refractivity contribution is 0.611. The molecule has 0 saturated carbocycles. The number of nitrogens with zero attached hydrogens (tertiary/aromatic N) is 2. The van der Waals surface area contributed by atoms with Crippen LogP contribution in [0.1, 0.15) is 24.1 Å². The van der Waals surface area contributed by atoms with Crippen LogP contribution in [0, 0.1) is 5.82 Å². The molecular formula is C13H14FN3. The van der Waals surface area contributed by atoms with Crippen molar-refractivity contribution < 1.29 is 4.39 Å². The summed E-state index contributed by atoms with van der Waals surface area (Å²) in [6.45, 7) is 2.86. The van der Waals surface area contributed by atoms with Gasteiger partial charge in [-0.25, -0.2) is 4.39 Å². The van der Waals surface area contributed by atoms with E-state index < -0.39 is 0 Å². The predicted molar refractivity (Wildman–Crippen MR) is 64.0 cm³/mol. The minimum absolute atomic E-state index is 0.0242.